The molecule has 0 saturated heterocycles. The minimum Gasteiger partial charge on any atom is -0.494 e. The summed E-state index contributed by atoms with van der Waals surface area (Å²) >= 11 is 0. The highest BCUT2D eigenvalue weighted by Gasteiger charge is 2.16. The van der Waals surface area contributed by atoms with E-state index in [0.29, 0.717) is 23.7 Å². The third-order valence-corrected chi connectivity index (χ3v) is 5.80. The summed E-state index contributed by atoms with van der Waals surface area (Å²) in [5, 5.41) is 1.65. The van der Waals surface area contributed by atoms with E-state index in [2.05, 4.69) is 4.72 Å². The molecule has 27 heavy (non-hydrogen) atoms. The van der Waals surface area contributed by atoms with Crippen molar-refractivity contribution >= 4 is 26.5 Å². The van der Waals surface area contributed by atoms with Crippen molar-refractivity contribution in [2.45, 2.75) is 24.2 Å². The first-order valence-electron chi connectivity index (χ1n) is 9.02. The number of benzene rings is 3. The van der Waals surface area contributed by atoms with Gasteiger partial charge in [-0.15, -0.1) is 0 Å². The largest absolute Gasteiger partial charge is 0.494 e. The van der Waals surface area contributed by atoms with E-state index in [0.717, 1.165) is 35.8 Å². The monoisotopic (exact) mass is 384 g/mol. The number of nitrogen functional groups attached to an aromatic ring is 1. The number of sulfonamides is 1. The summed E-state index contributed by atoms with van der Waals surface area (Å²) in [7, 11) is -3.52. The molecule has 142 valence electrons. The number of anilines is 1. The molecule has 0 radical (unpaired) electrons. The van der Waals surface area contributed by atoms with Gasteiger partial charge in [-0.2, -0.15) is 0 Å². The van der Waals surface area contributed by atoms with E-state index in [4.69, 9.17) is 10.5 Å². The molecule has 0 aromatic heterocycles. The lowest BCUT2D eigenvalue weighted by Gasteiger charge is -2.10. The van der Waals surface area contributed by atoms with Crippen LogP contribution in [0, 0.1) is 0 Å². The Bertz CT molecular complexity index is 998. The summed E-state index contributed by atoms with van der Waals surface area (Å²) in [4.78, 5) is 0.325. The number of hydrogen-bond acceptors (Lipinski definition) is 4. The zero-order chi connectivity index (χ0) is 19.1. The van der Waals surface area contributed by atoms with Gasteiger partial charge < -0.3 is 10.5 Å². The smallest absolute Gasteiger partial charge is 0.241 e. The predicted molar refractivity (Wildman–Crippen MR) is 109 cm³/mol. The fourth-order valence-corrected chi connectivity index (χ4v) is 4.21. The van der Waals surface area contributed by atoms with E-state index < -0.39 is 10.0 Å². The summed E-state index contributed by atoms with van der Waals surface area (Å²) in [6, 6.07) is 20.1. The topological polar surface area (TPSA) is 81.4 Å². The van der Waals surface area contributed by atoms with Gasteiger partial charge in [0.2, 0.25) is 10.0 Å². The van der Waals surface area contributed by atoms with Gasteiger partial charge >= 0.3 is 0 Å². The average molecular weight is 385 g/mol. The molecule has 0 aliphatic heterocycles. The Hall–Kier alpha value is -2.57. The summed E-state index contributed by atoms with van der Waals surface area (Å²) in [5.74, 6) is 0.756. The number of nitrogens with one attached hydrogen (secondary N) is 1. The molecule has 0 atom stereocenters. The fraction of sp³-hybridized carbons (Fsp3) is 0.238. The van der Waals surface area contributed by atoms with Crippen molar-refractivity contribution in [3.8, 4) is 5.75 Å². The second-order valence-corrected chi connectivity index (χ2v) is 8.09. The molecule has 3 N–H and O–H groups in total. The molecule has 3 aromatic rings. The van der Waals surface area contributed by atoms with Crippen LogP contribution in [0.5, 0.6) is 5.75 Å². The second-order valence-electron chi connectivity index (χ2n) is 6.36. The van der Waals surface area contributed by atoms with Crippen molar-refractivity contribution < 1.29 is 13.2 Å². The molecule has 0 aliphatic carbocycles. The van der Waals surface area contributed by atoms with E-state index in [1.54, 1.807) is 18.2 Å². The van der Waals surface area contributed by atoms with Crippen LogP contribution in [0.1, 0.15) is 19.3 Å². The Morgan fingerprint density at radius 2 is 1.67 bits per heavy atom. The molecule has 0 fully saturated rings. The van der Waals surface area contributed by atoms with E-state index in [-0.39, 0.29) is 0 Å². The first-order chi connectivity index (χ1) is 13.1. The van der Waals surface area contributed by atoms with Crippen LogP contribution in [0.15, 0.2) is 71.6 Å². The number of unbranched alkanes of at least 4 members (excludes halogenated alkanes) is 2. The van der Waals surface area contributed by atoms with E-state index >= 15 is 0 Å². The maximum Gasteiger partial charge on any atom is 0.241 e. The molecular formula is C21H24N2O3S. The van der Waals surface area contributed by atoms with Crippen molar-refractivity contribution in [3.63, 3.8) is 0 Å². The van der Waals surface area contributed by atoms with Gasteiger partial charge in [-0.1, -0.05) is 42.5 Å². The maximum absolute atomic E-state index is 12.6. The molecule has 0 spiro atoms. The first-order valence-corrected chi connectivity index (χ1v) is 10.5. The van der Waals surface area contributed by atoms with Crippen LogP contribution >= 0.6 is 0 Å². The zero-order valence-electron chi connectivity index (χ0n) is 15.1. The van der Waals surface area contributed by atoms with Crippen LogP contribution in [0.4, 0.5) is 5.69 Å². The summed E-state index contributed by atoms with van der Waals surface area (Å²) in [6.45, 7) is 0.989. The van der Waals surface area contributed by atoms with E-state index in [1.165, 1.54) is 0 Å². The first kappa shape index (κ1) is 19.2. The molecule has 3 rings (SSSR count). The van der Waals surface area contributed by atoms with Gasteiger partial charge in [-0.05, 0) is 42.8 Å². The van der Waals surface area contributed by atoms with Crippen molar-refractivity contribution in [2.24, 2.45) is 0 Å². The summed E-state index contributed by atoms with van der Waals surface area (Å²) in [6.07, 6.45) is 2.48. The molecule has 0 bridgehead atoms. The van der Waals surface area contributed by atoms with Gasteiger partial charge in [-0.25, -0.2) is 13.1 Å². The van der Waals surface area contributed by atoms with Crippen LogP contribution in [0.3, 0.4) is 0 Å². The summed E-state index contributed by atoms with van der Waals surface area (Å²) in [5.41, 5.74) is 6.38. The minimum atomic E-state index is -3.52. The van der Waals surface area contributed by atoms with Gasteiger partial charge in [0.25, 0.3) is 0 Å². The predicted octanol–water partition coefficient (Wildman–Crippen LogP) is 3.95. The van der Waals surface area contributed by atoms with Crippen molar-refractivity contribution in [3.05, 3.63) is 66.7 Å². The van der Waals surface area contributed by atoms with Crippen molar-refractivity contribution in [1.29, 1.82) is 0 Å². The maximum atomic E-state index is 12.6. The highest BCUT2D eigenvalue weighted by Crippen LogP contribution is 2.22. The molecule has 0 unspecified atom stereocenters. The number of fused-ring (bicyclic) bond motifs is 1. The highest BCUT2D eigenvalue weighted by molar-refractivity contribution is 7.89. The lowest BCUT2D eigenvalue weighted by Crippen LogP contribution is -2.25. The Balaban J connectivity index is 1.44. The number of hydrogen-bond donors (Lipinski definition) is 2. The van der Waals surface area contributed by atoms with Crippen molar-refractivity contribution in [1.82, 2.24) is 4.72 Å². The van der Waals surface area contributed by atoms with E-state index in [1.807, 2.05) is 48.5 Å². The standard InChI is InChI=1S/C21H24N2O3S/c22-18-10-7-11-19(16-18)26-15-5-1-4-14-23-27(24,25)21-13-6-9-17-8-2-3-12-20(17)21/h2-3,6-13,16,23H,1,4-5,14-15,22H2. The number of rotatable bonds is 9. The molecule has 0 aliphatic rings. The molecule has 3 aromatic carbocycles. The Morgan fingerprint density at radius 1 is 0.889 bits per heavy atom. The molecule has 0 amide bonds. The molecule has 6 heteroatoms. The second kappa shape index (κ2) is 8.88. The zero-order valence-corrected chi connectivity index (χ0v) is 15.9. The molecule has 0 heterocycles. The van der Waals surface area contributed by atoms with Crippen LogP contribution in [0.2, 0.25) is 0 Å². The third kappa shape index (κ3) is 5.21. The van der Waals surface area contributed by atoms with Crippen molar-refractivity contribution in [2.75, 3.05) is 18.9 Å². The third-order valence-electron chi connectivity index (χ3n) is 4.28. The Kier molecular flexibility index (Phi) is 6.32. The Morgan fingerprint density at radius 3 is 2.52 bits per heavy atom. The van der Waals surface area contributed by atoms with Gasteiger partial charge in [0, 0.05) is 23.7 Å². The number of nitrogens with two attached hydrogens (primary N) is 1. The average Bonchev–Trinajstić information content (AvgIpc) is 2.67. The minimum absolute atomic E-state index is 0.325. The van der Waals surface area contributed by atoms with Crippen LogP contribution in [-0.2, 0) is 10.0 Å². The van der Waals surface area contributed by atoms with E-state index in [9.17, 15) is 8.42 Å². The van der Waals surface area contributed by atoms with Gasteiger partial charge in [0.1, 0.15) is 5.75 Å². The van der Waals surface area contributed by atoms with Crippen LogP contribution in [0.25, 0.3) is 10.8 Å². The lowest BCUT2D eigenvalue weighted by atomic mass is 10.1. The Labute approximate surface area is 160 Å². The summed E-state index contributed by atoms with van der Waals surface area (Å²) < 4.78 is 33.5. The van der Waals surface area contributed by atoms with Crippen LogP contribution in [-0.4, -0.2) is 21.6 Å². The molecule has 0 saturated carbocycles. The fourth-order valence-electron chi connectivity index (χ4n) is 2.91. The van der Waals surface area contributed by atoms with Crippen LogP contribution < -0.4 is 15.2 Å². The van der Waals surface area contributed by atoms with Gasteiger partial charge in [0.05, 0.1) is 11.5 Å². The number of ether oxygens (including phenoxy) is 1. The quantitative estimate of drug-likeness (QED) is 0.432. The van der Waals surface area contributed by atoms with Gasteiger partial charge in [-0.3, -0.25) is 0 Å². The SMILES string of the molecule is Nc1cccc(OCCCCCNS(=O)(=O)c2cccc3ccccc23)c1. The van der Waals surface area contributed by atoms with Gasteiger partial charge in [0.15, 0.2) is 0 Å². The molecule has 5 nitrogen and oxygen atoms in total. The lowest BCUT2D eigenvalue weighted by molar-refractivity contribution is 0.305. The molecular weight excluding hydrogens is 360 g/mol. The highest BCUT2D eigenvalue weighted by atomic mass is 32.2. The normalized spacial score (nSPS) is 11.6.